The Morgan fingerprint density at radius 2 is 1.96 bits per heavy atom. The Hall–Kier alpha value is -1.92. The molecule has 1 fully saturated rings. The molecule has 1 heterocycles. The van der Waals surface area contributed by atoms with Crippen LogP contribution >= 0.6 is 0 Å². The first-order valence-corrected chi connectivity index (χ1v) is 8.66. The predicted molar refractivity (Wildman–Crippen MR) is 78.8 cm³/mol. The minimum atomic E-state index is -4.74. The third kappa shape index (κ3) is 5.54. The topological polar surface area (TPSA) is 108 Å². The average Bonchev–Trinajstić information content (AvgIpc) is 2.53. The molecular weight excluding hydrogens is 369 g/mol. The maximum atomic E-state index is 12.2. The van der Waals surface area contributed by atoms with E-state index in [2.05, 4.69) is 0 Å². The van der Waals surface area contributed by atoms with Gasteiger partial charge in [0.05, 0.1) is 23.0 Å². The smallest absolute Gasteiger partial charge is 0.402 e. The highest BCUT2D eigenvalue weighted by atomic mass is 32.2. The summed E-state index contributed by atoms with van der Waals surface area (Å²) in [5.74, 6) is -0.147. The van der Waals surface area contributed by atoms with E-state index in [1.165, 1.54) is 4.72 Å². The number of nitrogens with one attached hydrogen (secondary N) is 1. The van der Waals surface area contributed by atoms with Crippen molar-refractivity contribution in [1.82, 2.24) is 4.72 Å². The summed E-state index contributed by atoms with van der Waals surface area (Å²) in [6.07, 6.45) is -4.03. The molecular formula is C13H15F3N2O6S. The summed E-state index contributed by atoms with van der Waals surface area (Å²) in [6, 6.07) is 2.70. The molecule has 1 aliphatic rings. The van der Waals surface area contributed by atoms with Crippen LogP contribution in [0, 0.1) is 10.1 Å². The first-order valence-electron chi connectivity index (χ1n) is 7.18. The van der Waals surface area contributed by atoms with Crippen LogP contribution < -0.4 is 9.46 Å². The number of nitro benzene ring substituents is 1. The third-order valence-corrected chi connectivity index (χ3v) is 4.76. The number of halogens is 3. The van der Waals surface area contributed by atoms with Gasteiger partial charge in [0.25, 0.3) is 0 Å². The van der Waals surface area contributed by atoms with E-state index in [1.807, 2.05) is 0 Å². The highest BCUT2D eigenvalue weighted by Crippen LogP contribution is 2.32. The molecule has 140 valence electrons. The number of nitro groups is 1. The van der Waals surface area contributed by atoms with E-state index < -0.39 is 38.3 Å². The number of alkyl halides is 3. The van der Waals surface area contributed by atoms with Crippen molar-refractivity contribution in [2.24, 2.45) is 0 Å². The number of hydrogen-bond donors (Lipinski definition) is 1. The molecule has 1 aromatic rings. The number of ether oxygens (including phenoxy) is 2. The van der Waals surface area contributed by atoms with Crippen LogP contribution in [0.2, 0.25) is 0 Å². The maximum absolute atomic E-state index is 12.2. The Labute approximate surface area is 141 Å². The summed E-state index contributed by atoms with van der Waals surface area (Å²) in [5.41, 5.74) is -0.638. The zero-order valence-electron chi connectivity index (χ0n) is 12.8. The zero-order valence-corrected chi connectivity index (χ0v) is 13.6. The van der Waals surface area contributed by atoms with Crippen LogP contribution in [0.25, 0.3) is 0 Å². The number of sulfonamides is 1. The van der Waals surface area contributed by atoms with Gasteiger partial charge < -0.3 is 9.47 Å². The fourth-order valence-corrected chi connectivity index (χ4v) is 3.17. The quantitative estimate of drug-likeness (QED) is 0.594. The second kappa shape index (κ2) is 7.54. The Balaban J connectivity index is 2.24. The van der Waals surface area contributed by atoms with E-state index in [0.29, 0.717) is 32.1 Å². The van der Waals surface area contributed by atoms with E-state index in [1.54, 1.807) is 0 Å². The van der Waals surface area contributed by atoms with Gasteiger partial charge in [0, 0.05) is 18.9 Å². The van der Waals surface area contributed by atoms with E-state index in [-0.39, 0.29) is 11.9 Å². The van der Waals surface area contributed by atoms with Gasteiger partial charge in [-0.3, -0.25) is 10.1 Å². The summed E-state index contributed by atoms with van der Waals surface area (Å²) in [5, 5.41) is 11.2. The van der Waals surface area contributed by atoms with Gasteiger partial charge in [0.1, 0.15) is 12.6 Å². The molecule has 1 N–H and O–H groups in total. The van der Waals surface area contributed by atoms with Crippen molar-refractivity contribution in [3.8, 4) is 5.75 Å². The van der Waals surface area contributed by atoms with Gasteiger partial charge in [-0.05, 0) is 12.1 Å². The Bertz CT molecular complexity index is 732. The molecule has 0 atom stereocenters. The van der Waals surface area contributed by atoms with Gasteiger partial charge in [0.2, 0.25) is 10.0 Å². The summed E-state index contributed by atoms with van der Waals surface area (Å²) in [6.45, 7) is -0.901. The molecule has 0 amide bonds. The van der Waals surface area contributed by atoms with Crippen LogP contribution in [0.4, 0.5) is 18.9 Å². The Morgan fingerprint density at radius 3 is 2.52 bits per heavy atom. The summed E-state index contributed by atoms with van der Waals surface area (Å²) in [7, 11) is -4.55. The maximum Gasteiger partial charge on any atom is 0.402 e. The lowest BCUT2D eigenvalue weighted by molar-refractivity contribution is -0.386. The lowest BCUT2D eigenvalue weighted by atomic mass is 10.1. The second-order valence-corrected chi connectivity index (χ2v) is 7.02. The molecule has 0 aliphatic carbocycles. The Morgan fingerprint density at radius 1 is 1.32 bits per heavy atom. The number of rotatable bonds is 6. The van der Waals surface area contributed by atoms with E-state index >= 15 is 0 Å². The molecule has 2 rings (SSSR count). The molecule has 12 heteroatoms. The van der Waals surface area contributed by atoms with E-state index in [9.17, 15) is 31.7 Å². The molecule has 25 heavy (non-hydrogen) atoms. The van der Waals surface area contributed by atoms with Crippen molar-refractivity contribution in [1.29, 1.82) is 0 Å². The number of benzene rings is 1. The SMILES string of the molecule is O=[N+]([O-])c1cc(S(=O)(=O)NCC(F)(F)F)ccc1OC1CCOCC1. The van der Waals surface area contributed by atoms with Gasteiger partial charge in [-0.2, -0.15) is 13.2 Å². The minimum Gasteiger partial charge on any atom is -0.483 e. The van der Waals surface area contributed by atoms with Gasteiger partial charge in [-0.25, -0.2) is 13.1 Å². The summed E-state index contributed by atoms with van der Waals surface area (Å²) >= 11 is 0. The molecule has 0 radical (unpaired) electrons. The van der Waals surface area contributed by atoms with Crippen molar-refractivity contribution in [2.75, 3.05) is 19.8 Å². The van der Waals surface area contributed by atoms with Crippen molar-refractivity contribution in [3.63, 3.8) is 0 Å². The zero-order chi connectivity index (χ0) is 18.7. The first kappa shape index (κ1) is 19.4. The van der Waals surface area contributed by atoms with Crippen LogP contribution in [0.5, 0.6) is 5.75 Å². The predicted octanol–water partition coefficient (Wildman–Crippen LogP) is 1.99. The molecule has 1 aliphatic heterocycles. The molecule has 0 spiro atoms. The monoisotopic (exact) mass is 384 g/mol. The normalized spacial score (nSPS) is 16.6. The largest absolute Gasteiger partial charge is 0.483 e. The summed E-state index contributed by atoms with van der Waals surface area (Å²) in [4.78, 5) is 9.67. The molecule has 8 nitrogen and oxygen atoms in total. The second-order valence-electron chi connectivity index (χ2n) is 5.26. The number of hydrogen-bond acceptors (Lipinski definition) is 6. The Kier molecular flexibility index (Phi) is 5.85. The first-order chi connectivity index (χ1) is 11.6. The van der Waals surface area contributed by atoms with Crippen LogP contribution in [0.1, 0.15) is 12.8 Å². The van der Waals surface area contributed by atoms with Gasteiger partial charge in [-0.1, -0.05) is 0 Å². The fraction of sp³-hybridized carbons (Fsp3) is 0.538. The lowest BCUT2D eigenvalue weighted by Gasteiger charge is -2.23. The lowest BCUT2D eigenvalue weighted by Crippen LogP contribution is -2.33. The van der Waals surface area contributed by atoms with Crippen molar-refractivity contribution in [2.45, 2.75) is 30.0 Å². The van der Waals surface area contributed by atoms with Crippen molar-refractivity contribution >= 4 is 15.7 Å². The summed E-state index contributed by atoms with van der Waals surface area (Å²) < 4.78 is 72.2. The highest BCUT2D eigenvalue weighted by molar-refractivity contribution is 7.89. The van der Waals surface area contributed by atoms with Crippen LogP contribution in [0.15, 0.2) is 23.1 Å². The van der Waals surface area contributed by atoms with Gasteiger partial charge >= 0.3 is 11.9 Å². The van der Waals surface area contributed by atoms with Gasteiger partial charge in [-0.15, -0.1) is 0 Å². The minimum absolute atomic E-state index is 0.147. The average molecular weight is 384 g/mol. The molecule has 1 aromatic carbocycles. The molecule has 0 aromatic heterocycles. The standard InChI is InChI=1S/C13H15F3N2O6S/c14-13(15,16)8-17-25(21,22)10-1-2-12(11(7-10)18(19)20)24-9-3-5-23-6-4-9/h1-2,7,9,17H,3-6,8H2. The van der Waals surface area contributed by atoms with Crippen molar-refractivity contribution < 1.29 is 36.0 Å². The van der Waals surface area contributed by atoms with Crippen LogP contribution in [-0.4, -0.2) is 45.4 Å². The van der Waals surface area contributed by atoms with E-state index in [0.717, 1.165) is 12.1 Å². The number of nitrogens with zero attached hydrogens (tertiary/aromatic N) is 1. The van der Waals surface area contributed by atoms with Crippen molar-refractivity contribution in [3.05, 3.63) is 28.3 Å². The molecule has 0 saturated carbocycles. The third-order valence-electron chi connectivity index (χ3n) is 3.36. The van der Waals surface area contributed by atoms with E-state index in [4.69, 9.17) is 9.47 Å². The highest BCUT2D eigenvalue weighted by Gasteiger charge is 2.31. The van der Waals surface area contributed by atoms with Crippen LogP contribution in [0.3, 0.4) is 0 Å². The van der Waals surface area contributed by atoms with Gasteiger partial charge in [0.15, 0.2) is 5.75 Å². The van der Waals surface area contributed by atoms with Crippen LogP contribution in [-0.2, 0) is 14.8 Å². The molecule has 0 bridgehead atoms. The molecule has 0 unspecified atom stereocenters. The molecule has 1 saturated heterocycles. The fourth-order valence-electron chi connectivity index (χ4n) is 2.14.